The van der Waals surface area contributed by atoms with Crippen LogP contribution in [0.1, 0.15) is 16.8 Å². The summed E-state index contributed by atoms with van der Waals surface area (Å²) in [5, 5.41) is 2.06. The number of hydrogen-bond acceptors (Lipinski definition) is 6. The Bertz CT molecular complexity index is 1360. The number of hydrogen-bond donors (Lipinski definition) is 1. The Balaban J connectivity index is 1.06. The molecule has 0 bridgehead atoms. The number of para-hydroxylation sites is 1. The van der Waals surface area contributed by atoms with Crippen LogP contribution in [-0.4, -0.2) is 70.6 Å². The minimum absolute atomic E-state index is 0.0987. The zero-order valence-electron chi connectivity index (χ0n) is 19.5. The van der Waals surface area contributed by atoms with Crippen LogP contribution in [0.15, 0.2) is 60.9 Å². The van der Waals surface area contributed by atoms with Gasteiger partial charge in [-0.25, -0.2) is 9.97 Å². The van der Waals surface area contributed by atoms with Crippen molar-refractivity contribution in [3.8, 4) is 0 Å². The topological polar surface area (TPSA) is 107 Å². The van der Waals surface area contributed by atoms with Gasteiger partial charge in [-0.3, -0.25) is 9.59 Å². The summed E-state index contributed by atoms with van der Waals surface area (Å²) in [5.74, 6) is 0.362. The van der Waals surface area contributed by atoms with Crippen LogP contribution in [0.5, 0.6) is 0 Å². The lowest BCUT2D eigenvalue weighted by molar-refractivity contribution is -0.132. The first-order chi connectivity index (χ1) is 17.1. The molecule has 2 N–H and O–H groups in total. The number of piperazine rings is 1. The number of rotatable bonds is 8. The highest BCUT2D eigenvalue weighted by molar-refractivity contribution is 5.97. The summed E-state index contributed by atoms with van der Waals surface area (Å²) in [6.45, 7) is 4.19. The van der Waals surface area contributed by atoms with Crippen molar-refractivity contribution in [1.82, 2.24) is 19.4 Å². The molecule has 1 saturated heterocycles. The molecule has 1 aliphatic heterocycles. The van der Waals surface area contributed by atoms with E-state index in [0.717, 1.165) is 21.8 Å². The lowest BCUT2D eigenvalue weighted by Gasteiger charge is -2.34. The van der Waals surface area contributed by atoms with Gasteiger partial charge in [-0.1, -0.05) is 24.3 Å². The van der Waals surface area contributed by atoms with E-state index in [1.54, 1.807) is 12.1 Å². The minimum Gasteiger partial charge on any atom is -0.379 e. The summed E-state index contributed by atoms with van der Waals surface area (Å²) in [6.07, 6.45) is 4.16. The summed E-state index contributed by atoms with van der Waals surface area (Å²) in [6, 6.07) is 15.3. The molecule has 35 heavy (non-hydrogen) atoms. The second-order valence-corrected chi connectivity index (χ2v) is 8.61. The Morgan fingerprint density at radius 1 is 0.971 bits per heavy atom. The summed E-state index contributed by atoms with van der Waals surface area (Å²) < 4.78 is 7.76. The molecule has 9 nitrogen and oxygen atoms in total. The number of amides is 2. The SMILES string of the molecule is NC(=O)c1ccc2ccn(CCOCCC(=O)N3CCN(c4ncc5ccccc5n4)CC3)c2c1. The van der Waals surface area contributed by atoms with Crippen molar-refractivity contribution in [3.05, 3.63) is 66.5 Å². The van der Waals surface area contributed by atoms with Gasteiger partial charge in [0.2, 0.25) is 17.8 Å². The predicted molar refractivity (Wildman–Crippen MR) is 134 cm³/mol. The molecule has 2 aromatic carbocycles. The van der Waals surface area contributed by atoms with Gasteiger partial charge in [-0.15, -0.1) is 0 Å². The molecule has 180 valence electrons. The van der Waals surface area contributed by atoms with Gasteiger partial charge >= 0.3 is 0 Å². The van der Waals surface area contributed by atoms with Crippen molar-refractivity contribution in [3.63, 3.8) is 0 Å². The Kier molecular flexibility index (Phi) is 6.58. The summed E-state index contributed by atoms with van der Waals surface area (Å²) in [5.41, 5.74) is 7.74. The zero-order chi connectivity index (χ0) is 24.2. The highest BCUT2D eigenvalue weighted by atomic mass is 16.5. The summed E-state index contributed by atoms with van der Waals surface area (Å²) in [4.78, 5) is 37.2. The van der Waals surface area contributed by atoms with Gasteiger partial charge in [0.15, 0.2) is 0 Å². The van der Waals surface area contributed by atoms with Crippen LogP contribution in [0.3, 0.4) is 0 Å². The van der Waals surface area contributed by atoms with E-state index in [0.29, 0.717) is 63.9 Å². The molecule has 3 heterocycles. The highest BCUT2D eigenvalue weighted by Gasteiger charge is 2.22. The maximum absolute atomic E-state index is 12.6. The molecule has 9 heteroatoms. The van der Waals surface area contributed by atoms with E-state index < -0.39 is 5.91 Å². The Labute approximate surface area is 203 Å². The first kappa shape index (κ1) is 22.8. The fourth-order valence-electron chi connectivity index (χ4n) is 4.39. The van der Waals surface area contributed by atoms with E-state index in [-0.39, 0.29) is 5.91 Å². The van der Waals surface area contributed by atoms with Gasteiger partial charge in [0.1, 0.15) is 0 Å². The lowest BCUT2D eigenvalue weighted by Crippen LogP contribution is -2.49. The monoisotopic (exact) mass is 472 g/mol. The number of carbonyl (C=O) groups excluding carboxylic acids is 2. The quantitative estimate of drug-likeness (QED) is 0.395. The van der Waals surface area contributed by atoms with Crippen LogP contribution in [0.25, 0.3) is 21.8 Å². The van der Waals surface area contributed by atoms with Crippen LogP contribution in [-0.2, 0) is 16.1 Å². The molecule has 1 aliphatic rings. The number of fused-ring (bicyclic) bond motifs is 2. The van der Waals surface area contributed by atoms with Gasteiger partial charge in [0.05, 0.1) is 25.2 Å². The number of benzene rings is 2. The maximum Gasteiger partial charge on any atom is 0.248 e. The smallest absolute Gasteiger partial charge is 0.248 e. The number of aromatic nitrogens is 3. The molecule has 0 aliphatic carbocycles. The third-order valence-electron chi connectivity index (χ3n) is 6.39. The molecule has 0 atom stereocenters. The molecule has 4 aromatic rings. The molecule has 2 amide bonds. The van der Waals surface area contributed by atoms with E-state index in [1.807, 2.05) is 58.3 Å². The molecule has 0 radical (unpaired) electrons. The number of carbonyl (C=O) groups is 2. The third kappa shape index (κ3) is 5.09. The Morgan fingerprint density at radius 3 is 2.63 bits per heavy atom. The van der Waals surface area contributed by atoms with Gasteiger partial charge in [-0.2, -0.15) is 0 Å². The van der Waals surface area contributed by atoms with Crippen molar-refractivity contribution in [2.45, 2.75) is 13.0 Å². The number of anilines is 1. The number of primary amides is 1. The van der Waals surface area contributed by atoms with Crippen molar-refractivity contribution < 1.29 is 14.3 Å². The van der Waals surface area contributed by atoms with Gasteiger partial charge in [-0.05, 0) is 29.7 Å². The van der Waals surface area contributed by atoms with Gasteiger partial charge in [0, 0.05) is 61.6 Å². The average Bonchev–Trinajstić information content (AvgIpc) is 3.30. The molecular weight excluding hydrogens is 444 g/mol. The first-order valence-corrected chi connectivity index (χ1v) is 11.8. The van der Waals surface area contributed by atoms with Crippen LogP contribution in [0, 0.1) is 0 Å². The van der Waals surface area contributed by atoms with E-state index in [1.165, 1.54) is 0 Å². The molecule has 5 rings (SSSR count). The molecule has 1 fully saturated rings. The van der Waals surface area contributed by atoms with E-state index in [9.17, 15) is 9.59 Å². The van der Waals surface area contributed by atoms with Crippen molar-refractivity contribution in [1.29, 1.82) is 0 Å². The standard InChI is InChI=1S/C26H28N6O3/c27-25(34)20-6-5-19-7-9-30(23(19)17-20)14-16-35-15-8-24(33)31-10-12-32(13-11-31)26-28-18-21-3-1-2-4-22(21)29-26/h1-7,9,17-18H,8,10-16H2,(H2,27,34). The van der Waals surface area contributed by atoms with E-state index in [2.05, 4.69) is 14.9 Å². The van der Waals surface area contributed by atoms with Crippen molar-refractivity contribution in [2.75, 3.05) is 44.3 Å². The second kappa shape index (κ2) is 10.1. The summed E-state index contributed by atoms with van der Waals surface area (Å²) in [7, 11) is 0. The van der Waals surface area contributed by atoms with Crippen LogP contribution < -0.4 is 10.6 Å². The molecule has 0 unspecified atom stereocenters. The largest absolute Gasteiger partial charge is 0.379 e. The highest BCUT2D eigenvalue weighted by Crippen LogP contribution is 2.18. The summed E-state index contributed by atoms with van der Waals surface area (Å²) >= 11 is 0. The average molecular weight is 473 g/mol. The van der Waals surface area contributed by atoms with Crippen molar-refractivity contribution >= 4 is 39.6 Å². The zero-order valence-corrected chi connectivity index (χ0v) is 19.5. The van der Waals surface area contributed by atoms with Gasteiger partial charge in [0.25, 0.3) is 0 Å². The third-order valence-corrected chi connectivity index (χ3v) is 6.39. The molecule has 2 aromatic heterocycles. The normalized spacial score (nSPS) is 14.1. The second-order valence-electron chi connectivity index (χ2n) is 8.61. The number of nitrogens with two attached hydrogens (primary N) is 1. The number of ether oxygens (including phenoxy) is 1. The van der Waals surface area contributed by atoms with Crippen LogP contribution >= 0.6 is 0 Å². The van der Waals surface area contributed by atoms with E-state index in [4.69, 9.17) is 10.5 Å². The maximum atomic E-state index is 12.6. The Morgan fingerprint density at radius 2 is 1.80 bits per heavy atom. The first-order valence-electron chi connectivity index (χ1n) is 11.8. The van der Waals surface area contributed by atoms with Crippen molar-refractivity contribution in [2.24, 2.45) is 5.73 Å². The lowest BCUT2D eigenvalue weighted by atomic mass is 10.1. The minimum atomic E-state index is -0.444. The number of nitrogens with zero attached hydrogens (tertiary/aromatic N) is 5. The van der Waals surface area contributed by atoms with E-state index >= 15 is 0 Å². The van der Waals surface area contributed by atoms with Crippen LogP contribution in [0.4, 0.5) is 5.95 Å². The fraction of sp³-hybridized carbons (Fsp3) is 0.308. The predicted octanol–water partition coefficient (Wildman–Crippen LogP) is 2.44. The van der Waals surface area contributed by atoms with Gasteiger partial charge < -0.3 is 24.8 Å². The fourth-order valence-corrected chi connectivity index (χ4v) is 4.39. The molecule has 0 saturated carbocycles. The molecular formula is C26H28N6O3. The molecule has 0 spiro atoms. The van der Waals surface area contributed by atoms with Crippen LogP contribution in [0.2, 0.25) is 0 Å². The Hall–Kier alpha value is -3.98.